The first-order chi connectivity index (χ1) is 8.65. The topological polar surface area (TPSA) is 16.1 Å². The zero-order valence-corrected chi connectivity index (χ0v) is 13.4. The molecule has 102 valence electrons. The van der Waals surface area contributed by atoms with Crippen LogP contribution < -0.4 is 0 Å². The van der Waals surface area contributed by atoms with Gasteiger partial charge in [0.25, 0.3) is 0 Å². The summed E-state index contributed by atoms with van der Waals surface area (Å²) < 4.78 is 0. The lowest BCUT2D eigenvalue weighted by molar-refractivity contribution is 0.255. The lowest BCUT2D eigenvalue weighted by atomic mass is 10.1. The van der Waals surface area contributed by atoms with E-state index in [2.05, 4.69) is 64.8 Å². The van der Waals surface area contributed by atoms with Gasteiger partial charge >= 0.3 is 0 Å². The molecule has 1 aromatic heterocycles. The first kappa shape index (κ1) is 15.6. The molecule has 3 heteroatoms. The minimum absolute atomic E-state index is 0.795. The number of pyridine rings is 1. The minimum atomic E-state index is 0.795. The van der Waals surface area contributed by atoms with Gasteiger partial charge in [0.2, 0.25) is 0 Å². The number of hydrogen-bond donors (Lipinski definition) is 0. The van der Waals surface area contributed by atoms with Gasteiger partial charge in [-0.1, -0.05) is 35.8 Å². The average molecular weight is 313 g/mol. The second-order valence-electron chi connectivity index (χ2n) is 5.01. The van der Waals surface area contributed by atoms with E-state index in [0.29, 0.717) is 0 Å². The van der Waals surface area contributed by atoms with Crippen molar-refractivity contribution in [3.05, 3.63) is 29.6 Å². The van der Waals surface area contributed by atoms with Gasteiger partial charge in [-0.05, 0) is 50.9 Å². The van der Waals surface area contributed by atoms with Crippen LogP contribution >= 0.6 is 15.9 Å². The number of nitrogens with zero attached hydrogens (tertiary/aromatic N) is 2. The Kier molecular flexibility index (Phi) is 7.52. The van der Waals surface area contributed by atoms with Crippen molar-refractivity contribution in [3.8, 4) is 0 Å². The van der Waals surface area contributed by atoms with Crippen molar-refractivity contribution in [1.29, 1.82) is 0 Å². The Labute approximate surface area is 120 Å². The zero-order chi connectivity index (χ0) is 13.4. The van der Waals surface area contributed by atoms with Crippen molar-refractivity contribution < 1.29 is 0 Å². The number of rotatable bonds is 8. The summed E-state index contributed by atoms with van der Waals surface area (Å²) in [6, 6.07) is 6.27. The van der Waals surface area contributed by atoms with Gasteiger partial charge in [-0.25, -0.2) is 0 Å². The second kappa shape index (κ2) is 8.65. The molecule has 1 aromatic rings. The molecule has 0 fully saturated rings. The van der Waals surface area contributed by atoms with E-state index in [1.54, 1.807) is 0 Å². The van der Waals surface area contributed by atoms with Crippen molar-refractivity contribution in [2.24, 2.45) is 5.92 Å². The van der Waals surface area contributed by atoms with Crippen LogP contribution in [0.5, 0.6) is 0 Å². The van der Waals surface area contributed by atoms with Gasteiger partial charge in [-0.15, -0.1) is 0 Å². The average Bonchev–Trinajstić information content (AvgIpc) is 2.35. The Morgan fingerprint density at radius 2 is 2.11 bits per heavy atom. The SMILES string of the molecule is CCN(CCC(C)CCBr)Cc1cccc(C)n1. The molecule has 2 nitrogen and oxygen atoms in total. The van der Waals surface area contributed by atoms with E-state index in [1.165, 1.54) is 25.1 Å². The molecule has 0 aromatic carbocycles. The maximum Gasteiger partial charge on any atom is 0.0547 e. The van der Waals surface area contributed by atoms with Crippen LogP contribution in [0.3, 0.4) is 0 Å². The third kappa shape index (κ3) is 5.96. The molecule has 0 spiro atoms. The molecule has 1 rings (SSSR count). The number of aromatic nitrogens is 1. The molecule has 18 heavy (non-hydrogen) atoms. The zero-order valence-electron chi connectivity index (χ0n) is 11.8. The van der Waals surface area contributed by atoms with Gasteiger partial charge in [0.15, 0.2) is 0 Å². The van der Waals surface area contributed by atoms with Crippen LogP contribution in [0.1, 0.15) is 38.1 Å². The van der Waals surface area contributed by atoms with E-state index < -0.39 is 0 Å². The first-order valence-electron chi connectivity index (χ1n) is 6.86. The predicted molar refractivity (Wildman–Crippen MR) is 82.1 cm³/mol. The Morgan fingerprint density at radius 3 is 2.72 bits per heavy atom. The van der Waals surface area contributed by atoms with Gasteiger partial charge in [0.1, 0.15) is 0 Å². The minimum Gasteiger partial charge on any atom is -0.298 e. The summed E-state index contributed by atoms with van der Waals surface area (Å²) in [4.78, 5) is 7.05. The second-order valence-corrected chi connectivity index (χ2v) is 5.80. The van der Waals surface area contributed by atoms with Crippen molar-refractivity contribution in [2.75, 3.05) is 18.4 Å². The molecule has 0 saturated heterocycles. The molecule has 0 aliphatic heterocycles. The monoisotopic (exact) mass is 312 g/mol. The van der Waals surface area contributed by atoms with E-state index in [9.17, 15) is 0 Å². The van der Waals surface area contributed by atoms with Crippen LogP contribution in [0, 0.1) is 12.8 Å². The summed E-state index contributed by atoms with van der Waals surface area (Å²) in [6.45, 7) is 9.85. The molecular formula is C15H25BrN2. The maximum absolute atomic E-state index is 4.58. The molecular weight excluding hydrogens is 288 g/mol. The highest BCUT2D eigenvalue weighted by Crippen LogP contribution is 2.11. The summed E-state index contributed by atoms with van der Waals surface area (Å²) in [5.41, 5.74) is 2.29. The predicted octanol–water partition coefficient (Wildman–Crippen LogP) is 4.02. The van der Waals surface area contributed by atoms with Gasteiger partial charge in [0.05, 0.1) is 5.69 Å². The summed E-state index contributed by atoms with van der Waals surface area (Å²) in [7, 11) is 0. The highest BCUT2D eigenvalue weighted by molar-refractivity contribution is 9.09. The quantitative estimate of drug-likeness (QED) is 0.674. The van der Waals surface area contributed by atoms with Gasteiger partial charge in [0, 0.05) is 17.6 Å². The molecule has 1 heterocycles. The van der Waals surface area contributed by atoms with Crippen LogP contribution in [-0.4, -0.2) is 28.3 Å². The molecule has 0 aliphatic carbocycles. The molecule has 1 atom stereocenters. The normalized spacial score (nSPS) is 12.9. The maximum atomic E-state index is 4.58. The highest BCUT2D eigenvalue weighted by Gasteiger charge is 2.07. The lowest BCUT2D eigenvalue weighted by Crippen LogP contribution is -2.26. The van der Waals surface area contributed by atoms with E-state index in [0.717, 1.165) is 30.0 Å². The smallest absolute Gasteiger partial charge is 0.0547 e. The Hall–Kier alpha value is -0.410. The van der Waals surface area contributed by atoms with Crippen LogP contribution in [0.2, 0.25) is 0 Å². The summed E-state index contributed by atoms with van der Waals surface area (Å²) in [5, 5.41) is 1.11. The Balaban J connectivity index is 2.42. The van der Waals surface area contributed by atoms with E-state index >= 15 is 0 Å². The fourth-order valence-electron chi connectivity index (χ4n) is 2.00. The van der Waals surface area contributed by atoms with Crippen LogP contribution in [0.15, 0.2) is 18.2 Å². The van der Waals surface area contributed by atoms with Crippen LogP contribution in [0.25, 0.3) is 0 Å². The largest absolute Gasteiger partial charge is 0.298 e. The third-order valence-corrected chi connectivity index (χ3v) is 3.78. The lowest BCUT2D eigenvalue weighted by Gasteiger charge is -2.22. The van der Waals surface area contributed by atoms with E-state index in [-0.39, 0.29) is 0 Å². The third-order valence-electron chi connectivity index (χ3n) is 3.32. The fraction of sp³-hybridized carbons (Fsp3) is 0.667. The Bertz CT molecular complexity index is 341. The van der Waals surface area contributed by atoms with Crippen molar-refractivity contribution >= 4 is 15.9 Å². The van der Waals surface area contributed by atoms with Crippen LogP contribution in [0.4, 0.5) is 0 Å². The molecule has 0 amide bonds. The number of hydrogen-bond acceptors (Lipinski definition) is 2. The van der Waals surface area contributed by atoms with Crippen molar-refractivity contribution in [3.63, 3.8) is 0 Å². The Morgan fingerprint density at radius 1 is 1.33 bits per heavy atom. The van der Waals surface area contributed by atoms with Crippen LogP contribution in [-0.2, 0) is 6.54 Å². The highest BCUT2D eigenvalue weighted by atomic mass is 79.9. The van der Waals surface area contributed by atoms with Gasteiger partial charge in [-0.2, -0.15) is 0 Å². The number of alkyl halides is 1. The van der Waals surface area contributed by atoms with Crippen molar-refractivity contribution in [1.82, 2.24) is 9.88 Å². The van der Waals surface area contributed by atoms with Gasteiger partial charge < -0.3 is 0 Å². The molecule has 0 bridgehead atoms. The molecule has 0 aliphatic rings. The molecule has 0 N–H and O–H groups in total. The molecule has 1 unspecified atom stereocenters. The van der Waals surface area contributed by atoms with Crippen molar-refractivity contribution in [2.45, 2.75) is 40.2 Å². The number of aryl methyl sites for hydroxylation is 1. The van der Waals surface area contributed by atoms with E-state index in [1.807, 2.05) is 0 Å². The van der Waals surface area contributed by atoms with Gasteiger partial charge in [-0.3, -0.25) is 9.88 Å². The standard InChI is InChI=1S/C15H25BrN2/c1-4-18(11-9-13(2)8-10-16)12-15-7-5-6-14(3)17-15/h5-7,13H,4,8-12H2,1-3H3. The summed E-state index contributed by atoms with van der Waals surface area (Å²) in [5.74, 6) is 0.795. The molecule has 0 saturated carbocycles. The first-order valence-corrected chi connectivity index (χ1v) is 7.98. The fourth-order valence-corrected chi connectivity index (χ4v) is 2.78. The van der Waals surface area contributed by atoms with E-state index in [4.69, 9.17) is 0 Å². The summed E-state index contributed by atoms with van der Waals surface area (Å²) in [6.07, 6.45) is 2.53. The number of halogens is 1. The summed E-state index contributed by atoms with van der Waals surface area (Å²) >= 11 is 3.51. The molecule has 0 radical (unpaired) electrons.